The smallest absolute Gasteiger partial charge is 0.0908 e. The number of hydrogen-bond acceptors (Lipinski definition) is 3. The molecule has 1 aliphatic heterocycles. The van der Waals surface area contributed by atoms with Gasteiger partial charge in [-0.3, -0.25) is 4.90 Å². The highest BCUT2D eigenvalue weighted by molar-refractivity contribution is 5.01. The van der Waals surface area contributed by atoms with E-state index in [9.17, 15) is 0 Å². The van der Waals surface area contributed by atoms with Crippen LogP contribution < -0.4 is 0 Å². The van der Waals surface area contributed by atoms with Crippen molar-refractivity contribution in [3.05, 3.63) is 12.2 Å². The average Bonchev–Trinajstić information content (AvgIpc) is 2.14. The third kappa shape index (κ3) is 3.51. The third-order valence-corrected chi connectivity index (χ3v) is 1.91. The van der Waals surface area contributed by atoms with Crippen LogP contribution in [0.25, 0.3) is 0 Å². The Hall–Kier alpha value is -0.850. The van der Waals surface area contributed by atoms with Gasteiger partial charge in [-0.05, 0) is 6.42 Å². The van der Waals surface area contributed by atoms with E-state index in [1.54, 1.807) is 6.08 Å². The van der Waals surface area contributed by atoms with Crippen molar-refractivity contribution in [2.75, 3.05) is 32.8 Å². The first-order valence-electron chi connectivity index (χ1n) is 4.28. The first-order chi connectivity index (χ1) is 5.93. The Bertz CT molecular complexity index is 177. The lowest BCUT2D eigenvalue weighted by Gasteiger charge is -2.25. The van der Waals surface area contributed by atoms with E-state index in [1.165, 1.54) is 0 Å². The number of allylic oxidation sites excluding steroid dienone is 1. The van der Waals surface area contributed by atoms with E-state index < -0.39 is 0 Å². The van der Waals surface area contributed by atoms with E-state index in [2.05, 4.69) is 4.90 Å². The van der Waals surface area contributed by atoms with Gasteiger partial charge in [-0.2, -0.15) is 5.26 Å². The molecule has 0 aliphatic carbocycles. The summed E-state index contributed by atoms with van der Waals surface area (Å²) in [5.74, 6) is 0. The van der Waals surface area contributed by atoms with Crippen LogP contribution in [0.4, 0.5) is 0 Å². The van der Waals surface area contributed by atoms with E-state index in [4.69, 9.17) is 10.00 Å². The fraction of sp³-hybridized carbons (Fsp3) is 0.667. The first-order valence-corrected chi connectivity index (χ1v) is 4.28. The maximum Gasteiger partial charge on any atom is 0.0908 e. The molecule has 0 spiro atoms. The molecule has 0 amide bonds. The minimum absolute atomic E-state index is 0.849. The molecule has 0 atom stereocenters. The number of nitriles is 1. The van der Waals surface area contributed by atoms with Crippen molar-refractivity contribution >= 4 is 0 Å². The summed E-state index contributed by atoms with van der Waals surface area (Å²) in [6.45, 7) is 4.80. The molecule has 3 heteroatoms. The minimum atomic E-state index is 0.849. The molecule has 0 unspecified atom stereocenters. The van der Waals surface area contributed by atoms with Crippen molar-refractivity contribution < 1.29 is 4.74 Å². The normalized spacial score (nSPS) is 19.6. The lowest BCUT2D eigenvalue weighted by molar-refractivity contribution is 0.0387. The predicted octanol–water partition coefficient (Wildman–Crippen LogP) is 0.788. The average molecular weight is 166 g/mol. The second-order valence-electron chi connectivity index (χ2n) is 2.77. The summed E-state index contributed by atoms with van der Waals surface area (Å²) < 4.78 is 5.22. The molecule has 1 heterocycles. The van der Waals surface area contributed by atoms with E-state index in [0.29, 0.717) is 0 Å². The highest BCUT2D eigenvalue weighted by atomic mass is 16.5. The molecule has 66 valence electrons. The summed E-state index contributed by atoms with van der Waals surface area (Å²) in [7, 11) is 0. The SMILES string of the molecule is N#C/C=C\CCN1CCOCC1. The number of morpholine rings is 1. The summed E-state index contributed by atoms with van der Waals surface area (Å²) >= 11 is 0. The van der Waals surface area contributed by atoms with Crippen LogP contribution in [-0.2, 0) is 4.74 Å². The monoisotopic (exact) mass is 166 g/mol. The van der Waals surface area contributed by atoms with Crippen LogP contribution in [0.15, 0.2) is 12.2 Å². The van der Waals surface area contributed by atoms with Gasteiger partial charge in [-0.1, -0.05) is 6.08 Å². The molecule has 1 aliphatic rings. The maximum absolute atomic E-state index is 8.23. The van der Waals surface area contributed by atoms with Gasteiger partial charge in [0, 0.05) is 25.7 Å². The van der Waals surface area contributed by atoms with Gasteiger partial charge < -0.3 is 4.74 Å². The van der Waals surface area contributed by atoms with Gasteiger partial charge in [0.15, 0.2) is 0 Å². The molecule has 0 aromatic carbocycles. The summed E-state index contributed by atoms with van der Waals surface area (Å²) in [6.07, 6.45) is 4.42. The Morgan fingerprint density at radius 2 is 2.17 bits per heavy atom. The molecule has 1 rings (SSSR count). The van der Waals surface area contributed by atoms with Crippen LogP contribution in [0.2, 0.25) is 0 Å². The van der Waals surface area contributed by atoms with Crippen molar-refractivity contribution in [1.29, 1.82) is 5.26 Å². The van der Waals surface area contributed by atoms with Crippen LogP contribution in [0.3, 0.4) is 0 Å². The Kier molecular flexibility index (Phi) is 4.43. The van der Waals surface area contributed by atoms with E-state index in [0.717, 1.165) is 39.3 Å². The zero-order chi connectivity index (χ0) is 8.65. The Balaban J connectivity index is 2.06. The standard InChI is InChI=1S/C9H14N2O/c10-4-2-1-3-5-11-6-8-12-9-7-11/h1-2H,3,5-9H2/b2-1-. The fourth-order valence-electron chi connectivity index (χ4n) is 1.22. The molecule has 1 saturated heterocycles. The molecule has 1 fully saturated rings. The van der Waals surface area contributed by atoms with Crippen molar-refractivity contribution in [2.45, 2.75) is 6.42 Å². The Morgan fingerprint density at radius 3 is 2.83 bits per heavy atom. The third-order valence-electron chi connectivity index (χ3n) is 1.91. The lowest BCUT2D eigenvalue weighted by Crippen LogP contribution is -2.36. The second kappa shape index (κ2) is 5.76. The van der Waals surface area contributed by atoms with Gasteiger partial charge in [-0.25, -0.2) is 0 Å². The van der Waals surface area contributed by atoms with Crippen LogP contribution in [-0.4, -0.2) is 37.7 Å². The summed E-state index contributed by atoms with van der Waals surface area (Å²) in [5, 5.41) is 8.23. The van der Waals surface area contributed by atoms with Gasteiger partial charge in [-0.15, -0.1) is 0 Å². The van der Waals surface area contributed by atoms with E-state index >= 15 is 0 Å². The molecule has 12 heavy (non-hydrogen) atoms. The molecule has 0 N–H and O–H groups in total. The largest absolute Gasteiger partial charge is 0.379 e. The fourth-order valence-corrected chi connectivity index (χ4v) is 1.22. The van der Waals surface area contributed by atoms with Crippen molar-refractivity contribution in [2.24, 2.45) is 0 Å². The van der Waals surface area contributed by atoms with Crippen LogP contribution in [0, 0.1) is 11.3 Å². The predicted molar refractivity (Wildman–Crippen MR) is 46.6 cm³/mol. The van der Waals surface area contributed by atoms with Crippen molar-refractivity contribution in [3.8, 4) is 6.07 Å². The van der Waals surface area contributed by atoms with E-state index in [-0.39, 0.29) is 0 Å². The number of rotatable bonds is 3. The summed E-state index contributed by atoms with van der Waals surface area (Å²) in [5.41, 5.74) is 0. The highest BCUT2D eigenvalue weighted by Gasteiger charge is 2.07. The highest BCUT2D eigenvalue weighted by Crippen LogP contribution is 1.97. The molecule has 0 radical (unpaired) electrons. The lowest BCUT2D eigenvalue weighted by atomic mass is 10.3. The molecular weight excluding hydrogens is 152 g/mol. The number of hydrogen-bond donors (Lipinski definition) is 0. The number of nitrogens with zero attached hydrogens (tertiary/aromatic N) is 2. The van der Waals surface area contributed by atoms with Gasteiger partial charge in [0.2, 0.25) is 0 Å². The molecule has 0 aromatic heterocycles. The van der Waals surface area contributed by atoms with Gasteiger partial charge >= 0.3 is 0 Å². The van der Waals surface area contributed by atoms with Gasteiger partial charge in [0.05, 0.1) is 19.3 Å². The zero-order valence-electron chi connectivity index (χ0n) is 7.20. The molecule has 0 saturated carbocycles. The van der Waals surface area contributed by atoms with Crippen molar-refractivity contribution in [3.63, 3.8) is 0 Å². The second-order valence-corrected chi connectivity index (χ2v) is 2.77. The van der Waals surface area contributed by atoms with Crippen LogP contribution >= 0.6 is 0 Å². The van der Waals surface area contributed by atoms with Crippen molar-refractivity contribution in [1.82, 2.24) is 4.90 Å². The van der Waals surface area contributed by atoms with Crippen LogP contribution in [0.1, 0.15) is 6.42 Å². The van der Waals surface area contributed by atoms with Gasteiger partial charge in [0.1, 0.15) is 0 Å². The summed E-state index contributed by atoms with van der Waals surface area (Å²) in [6, 6.07) is 1.98. The maximum atomic E-state index is 8.23. The number of ether oxygens (including phenoxy) is 1. The first kappa shape index (κ1) is 9.24. The molecular formula is C9H14N2O. The van der Waals surface area contributed by atoms with E-state index in [1.807, 2.05) is 12.1 Å². The minimum Gasteiger partial charge on any atom is -0.379 e. The van der Waals surface area contributed by atoms with Gasteiger partial charge in [0.25, 0.3) is 0 Å². The molecule has 3 nitrogen and oxygen atoms in total. The summed E-state index contributed by atoms with van der Waals surface area (Å²) in [4.78, 5) is 2.35. The molecule has 0 bridgehead atoms. The Labute approximate surface area is 73.2 Å². The topological polar surface area (TPSA) is 36.3 Å². The Morgan fingerprint density at radius 1 is 1.42 bits per heavy atom. The zero-order valence-corrected chi connectivity index (χ0v) is 7.20. The quantitative estimate of drug-likeness (QED) is 0.581. The van der Waals surface area contributed by atoms with Crippen LogP contribution in [0.5, 0.6) is 0 Å². The molecule has 0 aromatic rings.